The summed E-state index contributed by atoms with van der Waals surface area (Å²) < 4.78 is 5.37. The third-order valence-electron chi connectivity index (χ3n) is 3.41. The van der Waals surface area contributed by atoms with E-state index in [9.17, 15) is 5.11 Å². The minimum atomic E-state index is -0.484. The topological polar surface area (TPSA) is 41.5 Å². The predicted molar refractivity (Wildman–Crippen MR) is 87.3 cm³/mol. The monoisotopic (exact) mass is 305 g/mol. The molecule has 2 aromatic rings. The number of rotatable bonds is 6. The van der Waals surface area contributed by atoms with E-state index in [2.05, 4.69) is 5.32 Å². The summed E-state index contributed by atoms with van der Waals surface area (Å²) in [6.45, 7) is 1.99. The molecule has 112 valence electrons. The number of aliphatic hydroxyl groups excluding tert-OH is 1. The van der Waals surface area contributed by atoms with Crippen LogP contribution in [-0.2, 0) is 6.42 Å². The maximum atomic E-state index is 9.80. The smallest absolute Gasteiger partial charge is 0.122 e. The van der Waals surface area contributed by atoms with Gasteiger partial charge in [-0.25, -0.2) is 0 Å². The molecular formula is C17H20ClNO2. The van der Waals surface area contributed by atoms with Gasteiger partial charge in [0.15, 0.2) is 0 Å². The number of halogens is 1. The van der Waals surface area contributed by atoms with Gasteiger partial charge in [-0.2, -0.15) is 0 Å². The molecule has 3 nitrogen and oxygen atoms in total. The fourth-order valence-corrected chi connectivity index (χ4v) is 2.42. The van der Waals surface area contributed by atoms with Gasteiger partial charge in [-0.3, -0.25) is 0 Å². The van der Waals surface area contributed by atoms with E-state index in [1.807, 2.05) is 55.5 Å². The van der Waals surface area contributed by atoms with Crippen LogP contribution in [0.25, 0.3) is 0 Å². The molecule has 2 rings (SSSR count). The lowest BCUT2D eigenvalue weighted by atomic mass is 9.92. The van der Waals surface area contributed by atoms with Crippen molar-refractivity contribution in [1.29, 1.82) is 0 Å². The lowest BCUT2D eigenvalue weighted by Gasteiger charge is -2.30. The van der Waals surface area contributed by atoms with Crippen molar-refractivity contribution in [2.75, 3.05) is 19.0 Å². The zero-order valence-corrected chi connectivity index (χ0v) is 13.0. The van der Waals surface area contributed by atoms with Gasteiger partial charge in [0.1, 0.15) is 5.75 Å². The maximum Gasteiger partial charge on any atom is 0.122 e. The molecular weight excluding hydrogens is 286 g/mol. The van der Waals surface area contributed by atoms with Crippen LogP contribution in [-0.4, -0.2) is 24.4 Å². The van der Waals surface area contributed by atoms with E-state index in [4.69, 9.17) is 16.3 Å². The van der Waals surface area contributed by atoms with Gasteiger partial charge >= 0.3 is 0 Å². The van der Waals surface area contributed by atoms with E-state index in [0.717, 1.165) is 17.0 Å². The lowest BCUT2D eigenvalue weighted by molar-refractivity contribution is 0.221. The van der Waals surface area contributed by atoms with Crippen molar-refractivity contribution in [1.82, 2.24) is 0 Å². The fraction of sp³-hybridized carbons (Fsp3) is 0.294. The molecule has 1 atom stereocenters. The Labute approximate surface area is 130 Å². The third kappa shape index (κ3) is 4.13. The molecule has 4 heteroatoms. The molecule has 0 aromatic heterocycles. The average molecular weight is 306 g/mol. The Kier molecular flexibility index (Phi) is 5.10. The molecule has 0 fully saturated rings. The third-order valence-corrected chi connectivity index (χ3v) is 3.66. The number of anilines is 1. The molecule has 0 radical (unpaired) electrons. The Hall–Kier alpha value is -1.71. The summed E-state index contributed by atoms with van der Waals surface area (Å²) in [7, 11) is 1.65. The molecule has 1 unspecified atom stereocenters. The van der Waals surface area contributed by atoms with Crippen LogP contribution in [0.4, 0.5) is 5.69 Å². The molecule has 0 saturated heterocycles. The number of methoxy groups -OCH3 is 1. The first-order chi connectivity index (χ1) is 10.1. The molecule has 0 spiro atoms. The van der Waals surface area contributed by atoms with Crippen LogP contribution in [0.1, 0.15) is 12.5 Å². The summed E-state index contributed by atoms with van der Waals surface area (Å²) in [5.41, 5.74) is 1.49. The van der Waals surface area contributed by atoms with Crippen LogP contribution < -0.4 is 10.1 Å². The Morgan fingerprint density at radius 3 is 2.43 bits per heavy atom. The normalized spacial score (nSPS) is 13.5. The highest BCUT2D eigenvalue weighted by Crippen LogP contribution is 2.26. The number of nitrogens with one attached hydrogen (secondary N) is 1. The molecule has 0 bridgehead atoms. The van der Waals surface area contributed by atoms with Gasteiger partial charge in [-0.15, -0.1) is 0 Å². The molecule has 0 amide bonds. The SMILES string of the molecule is COc1ccccc1CC(C)(CO)Nc1ccc(Cl)cc1. The number of hydrogen-bond donors (Lipinski definition) is 2. The van der Waals surface area contributed by atoms with E-state index in [1.165, 1.54) is 0 Å². The summed E-state index contributed by atoms with van der Waals surface area (Å²) in [6, 6.07) is 15.3. The second-order valence-corrected chi connectivity index (χ2v) is 5.78. The average Bonchev–Trinajstić information content (AvgIpc) is 2.50. The van der Waals surface area contributed by atoms with E-state index in [0.29, 0.717) is 11.4 Å². The molecule has 2 aromatic carbocycles. The van der Waals surface area contributed by atoms with Gasteiger partial charge in [0.2, 0.25) is 0 Å². The van der Waals surface area contributed by atoms with E-state index < -0.39 is 5.54 Å². The predicted octanol–water partition coefficient (Wildman–Crippen LogP) is 3.75. The fourth-order valence-electron chi connectivity index (χ4n) is 2.29. The second-order valence-electron chi connectivity index (χ2n) is 5.34. The van der Waals surface area contributed by atoms with Gasteiger partial charge in [0.25, 0.3) is 0 Å². The van der Waals surface area contributed by atoms with E-state index in [-0.39, 0.29) is 6.61 Å². The van der Waals surface area contributed by atoms with E-state index in [1.54, 1.807) is 7.11 Å². The Morgan fingerprint density at radius 1 is 1.14 bits per heavy atom. The highest BCUT2D eigenvalue weighted by molar-refractivity contribution is 6.30. The van der Waals surface area contributed by atoms with Crippen LogP contribution in [0.3, 0.4) is 0 Å². The Bertz CT molecular complexity index is 586. The van der Waals surface area contributed by atoms with Crippen LogP contribution in [0, 0.1) is 0 Å². The lowest BCUT2D eigenvalue weighted by Crippen LogP contribution is -2.41. The number of para-hydroxylation sites is 1. The number of aliphatic hydroxyl groups is 1. The standard InChI is InChI=1S/C17H20ClNO2/c1-17(12-20,19-15-9-7-14(18)8-10-15)11-13-5-3-4-6-16(13)21-2/h3-10,19-20H,11-12H2,1-2H3. The minimum Gasteiger partial charge on any atom is -0.496 e. The molecule has 2 N–H and O–H groups in total. The van der Waals surface area contributed by atoms with Gasteiger partial charge < -0.3 is 15.2 Å². The number of hydrogen-bond acceptors (Lipinski definition) is 3. The van der Waals surface area contributed by atoms with Gasteiger partial charge in [0.05, 0.1) is 19.3 Å². The highest BCUT2D eigenvalue weighted by Gasteiger charge is 2.25. The molecule has 0 heterocycles. The van der Waals surface area contributed by atoms with Crippen molar-refractivity contribution in [2.24, 2.45) is 0 Å². The summed E-state index contributed by atoms with van der Waals surface area (Å²) in [6.07, 6.45) is 0.649. The van der Waals surface area contributed by atoms with Crippen LogP contribution in [0.2, 0.25) is 5.02 Å². The van der Waals surface area contributed by atoms with Crippen molar-refractivity contribution in [3.8, 4) is 5.75 Å². The first-order valence-electron chi connectivity index (χ1n) is 6.83. The molecule has 21 heavy (non-hydrogen) atoms. The zero-order chi connectivity index (χ0) is 15.3. The van der Waals surface area contributed by atoms with Crippen LogP contribution >= 0.6 is 11.6 Å². The summed E-state index contributed by atoms with van der Waals surface area (Å²) in [4.78, 5) is 0. The molecule has 0 aliphatic carbocycles. The van der Waals surface area contributed by atoms with Crippen LogP contribution in [0.5, 0.6) is 5.75 Å². The number of ether oxygens (including phenoxy) is 1. The van der Waals surface area contributed by atoms with Crippen molar-refractivity contribution in [2.45, 2.75) is 18.9 Å². The summed E-state index contributed by atoms with van der Waals surface area (Å²) >= 11 is 5.89. The van der Waals surface area contributed by atoms with Crippen molar-refractivity contribution < 1.29 is 9.84 Å². The number of benzene rings is 2. The van der Waals surface area contributed by atoms with Gasteiger partial charge in [-0.1, -0.05) is 29.8 Å². The first kappa shape index (κ1) is 15.7. The molecule has 0 aliphatic rings. The molecule has 0 saturated carbocycles. The van der Waals surface area contributed by atoms with Crippen molar-refractivity contribution in [3.05, 3.63) is 59.1 Å². The Balaban J connectivity index is 2.18. The quantitative estimate of drug-likeness (QED) is 0.854. The van der Waals surface area contributed by atoms with Crippen molar-refractivity contribution >= 4 is 17.3 Å². The first-order valence-corrected chi connectivity index (χ1v) is 7.20. The van der Waals surface area contributed by atoms with Crippen LogP contribution in [0.15, 0.2) is 48.5 Å². The largest absolute Gasteiger partial charge is 0.496 e. The zero-order valence-electron chi connectivity index (χ0n) is 12.3. The summed E-state index contributed by atoms with van der Waals surface area (Å²) in [5, 5.41) is 13.9. The summed E-state index contributed by atoms with van der Waals surface area (Å²) in [5.74, 6) is 0.829. The van der Waals surface area contributed by atoms with Crippen molar-refractivity contribution in [3.63, 3.8) is 0 Å². The van der Waals surface area contributed by atoms with Gasteiger partial charge in [-0.05, 0) is 42.8 Å². The second kappa shape index (κ2) is 6.83. The maximum absolute atomic E-state index is 9.80. The van der Waals surface area contributed by atoms with E-state index >= 15 is 0 Å². The highest BCUT2D eigenvalue weighted by atomic mass is 35.5. The molecule has 0 aliphatic heterocycles. The Morgan fingerprint density at radius 2 is 1.81 bits per heavy atom. The minimum absolute atomic E-state index is 0.00761. The van der Waals surface area contributed by atoms with Gasteiger partial charge in [0, 0.05) is 17.1 Å².